The van der Waals surface area contributed by atoms with E-state index in [0.29, 0.717) is 5.56 Å². The molecule has 1 aromatic rings. The van der Waals surface area contributed by atoms with E-state index in [0.717, 1.165) is 4.74 Å². The average Bonchev–Trinajstić information content (AvgIpc) is 2.17. The van der Waals surface area contributed by atoms with Crippen LogP contribution in [0.2, 0.25) is 0 Å². The van der Waals surface area contributed by atoms with Crippen molar-refractivity contribution in [2.24, 2.45) is 0 Å². The molecule has 0 bridgehead atoms. The smallest absolute Gasteiger partial charge is 0.269 e. The Labute approximate surface area is 93.8 Å². The van der Waals surface area contributed by atoms with Crippen LogP contribution in [-0.2, 0) is 0 Å². The van der Waals surface area contributed by atoms with E-state index in [-0.39, 0.29) is 5.69 Å². The highest BCUT2D eigenvalue weighted by Gasteiger charge is 2.18. The van der Waals surface area contributed by atoms with Crippen LogP contribution in [0.15, 0.2) is 24.3 Å². The molecule has 0 atom stereocenters. The summed E-state index contributed by atoms with van der Waals surface area (Å²) in [7, 11) is 0. The molecule has 0 heterocycles. The Morgan fingerprint density at radius 1 is 1.12 bits per heavy atom. The molecule has 0 radical (unpaired) electrons. The third-order valence-corrected chi connectivity index (χ3v) is 2.03. The fraction of sp³-hybridized carbons (Fsp3) is 0.364. The Bertz CT molecular complexity index is 416. The summed E-state index contributed by atoms with van der Waals surface area (Å²) in [5.74, 6) is 0. The Balaban J connectivity index is 2.96. The predicted octanol–water partition coefficient (Wildman–Crippen LogP) is 2.32. The Morgan fingerprint density at radius 2 is 1.62 bits per heavy atom. The predicted molar refractivity (Wildman–Crippen MR) is 61.6 cm³/mol. The minimum Gasteiger partial charge on any atom is -0.623 e. The fourth-order valence-corrected chi connectivity index (χ4v) is 1.01. The van der Waals surface area contributed by atoms with E-state index in [1.807, 2.05) is 0 Å². The number of hydrogen-bond donors (Lipinski definition) is 0. The van der Waals surface area contributed by atoms with Crippen LogP contribution < -0.4 is 0 Å². The number of hydroxylamine groups is 1. The van der Waals surface area contributed by atoms with E-state index in [9.17, 15) is 15.3 Å². The van der Waals surface area contributed by atoms with Crippen molar-refractivity contribution in [1.29, 1.82) is 0 Å². The molecule has 5 heteroatoms. The van der Waals surface area contributed by atoms with Gasteiger partial charge >= 0.3 is 0 Å². The number of nitro benzene ring substituents is 1. The van der Waals surface area contributed by atoms with Crippen molar-refractivity contribution in [2.75, 3.05) is 0 Å². The van der Waals surface area contributed by atoms with Gasteiger partial charge in [-0.3, -0.25) is 10.1 Å². The normalized spacial score (nSPS) is 12.6. The van der Waals surface area contributed by atoms with Gasteiger partial charge in [-0.1, -0.05) is 0 Å². The summed E-state index contributed by atoms with van der Waals surface area (Å²) in [6.45, 7) is 5.38. The molecule has 0 aromatic heterocycles. The topological polar surface area (TPSA) is 69.2 Å². The van der Waals surface area contributed by atoms with E-state index in [2.05, 4.69) is 0 Å². The highest BCUT2D eigenvalue weighted by molar-refractivity contribution is 5.76. The number of rotatable bonds is 2. The number of nitro groups is 1. The van der Waals surface area contributed by atoms with Crippen LogP contribution in [0.25, 0.3) is 0 Å². The molecule has 0 spiro atoms. The maximum atomic E-state index is 11.6. The summed E-state index contributed by atoms with van der Waals surface area (Å²) in [6.07, 6.45) is 1.42. The second-order valence-corrected chi connectivity index (χ2v) is 4.47. The number of nitrogens with zero attached hydrogens (tertiary/aromatic N) is 2. The molecule has 0 amide bonds. The van der Waals surface area contributed by atoms with Gasteiger partial charge in [-0.15, -0.1) is 0 Å². The maximum Gasteiger partial charge on any atom is 0.269 e. The summed E-state index contributed by atoms with van der Waals surface area (Å²) in [4.78, 5) is 9.95. The van der Waals surface area contributed by atoms with Crippen molar-refractivity contribution in [1.82, 2.24) is 0 Å². The standard InChI is InChI=1S/C11H14N2O3/c1-11(2,3)12(14)8-9-4-6-10(7-5-9)13(15)16/h4-8H,1-3H3/b12-8-. The lowest BCUT2D eigenvalue weighted by atomic mass is 10.1. The van der Waals surface area contributed by atoms with Crippen LogP contribution in [0, 0.1) is 15.3 Å². The largest absolute Gasteiger partial charge is 0.623 e. The zero-order valence-corrected chi connectivity index (χ0v) is 9.51. The first-order chi connectivity index (χ1) is 7.30. The van der Waals surface area contributed by atoms with Crippen LogP contribution in [0.5, 0.6) is 0 Å². The van der Waals surface area contributed by atoms with Crippen molar-refractivity contribution in [3.05, 3.63) is 45.2 Å². The highest BCUT2D eigenvalue weighted by Crippen LogP contribution is 2.11. The van der Waals surface area contributed by atoms with Crippen molar-refractivity contribution in [3.63, 3.8) is 0 Å². The van der Waals surface area contributed by atoms with Crippen molar-refractivity contribution in [2.45, 2.75) is 26.3 Å². The van der Waals surface area contributed by atoms with Gasteiger partial charge in [0.25, 0.3) is 5.69 Å². The average molecular weight is 222 g/mol. The Morgan fingerprint density at radius 3 is 2.00 bits per heavy atom. The summed E-state index contributed by atoms with van der Waals surface area (Å²) in [6, 6.07) is 5.86. The molecule has 0 saturated heterocycles. The molecule has 0 unspecified atom stereocenters. The number of benzene rings is 1. The first kappa shape index (κ1) is 12.2. The van der Waals surface area contributed by atoms with Crippen LogP contribution in [0.4, 0.5) is 5.69 Å². The molecule has 0 N–H and O–H groups in total. The lowest BCUT2D eigenvalue weighted by molar-refractivity contribution is -0.530. The van der Waals surface area contributed by atoms with E-state index < -0.39 is 10.5 Å². The Kier molecular flexibility index (Phi) is 3.27. The van der Waals surface area contributed by atoms with Crippen LogP contribution >= 0.6 is 0 Å². The molecule has 0 aliphatic carbocycles. The number of non-ortho nitro benzene ring substituents is 1. The molecule has 1 rings (SSSR count). The summed E-state index contributed by atoms with van der Waals surface area (Å²) in [5, 5.41) is 22.0. The van der Waals surface area contributed by atoms with Gasteiger partial charge in [0.15, 0.2) is 11.8 Å². The first-order valence-corrected chi connectivity index (χ1v) is 4.86. The number of hydrogen-bond acceptors (Lipinski definition) is 3. The van der Waals surface area contributed by atoms with Gasteiger partial charge in [0.05, 0.1) is 4.92 Å². The molecule has 5 nitrogen and oxygen atoms in total. The third-order valence-electron chi connectivity index (χ3n) is 2.03. The molecule has 0 saturated carbocycles. The zero-order chi connectivity index (χ0) is 12.3. The van der Waals surface area contributed by atoms with Gasteiger partial charge in [0, 0.05) is 38.5 Å². The minimum absolute atomic E-state index is 0.0188. The molecule has 0 aliphatic rings. The molecule has 1 aromatic carbocycles. The molecule has 16 heavy (non-hydrogen) atoms. The van der Waals surface area contributed by atoms with Crippen LogP contribution in [-0.4, -0.2) is 21.4 Å². The van der Waals surface area contributed by atoms with Gasteiger partial charge in [0.2, 0.25) is 0 Å². The summed E-state index contributed by atoms with van der Waals surface area (Å²) in [5.41, 5.74) is 0.155. The lowest BCUT2D eigenvalue weighted by Crippen LogP contribution is -2.29. The summed E-state index contributed by atoms with van der Waals surface area (Å²) < 4.78 is 0.828. The van der Waals surface area contributed by atoms with Gasteiger partial charge in [0.1, 0.15) is 0 Å². The zero-order valence-electron chi connectivity index (χ0n) is 9.51. The van der Waals surface area contributed by atoms with Crippen molar-refractivity contribution >= 4 is 11.9 Å². The minimum atomic E-state index is -0.512. The third kappa shape index (κ3) is 3.05. The van der Waals surface area contributed by atoms with Crippen molar-refractivity contribution in [3.8, 4) is 0 Å². The van der Waals surface area contributed by atoms with E-state index in [4.69, 9.17) is 0 Å². The fourth-order valence-electron chi connectivity index (χ4n) is 1.01. The molecule has 0 aliphatic heterocycles. The maximum absolute atomic E-state index is 11.6. The molecule has 0 fully saturated rings. The van der Waals surface area contributed by atoms with Crippen LogP contribution in [0.3, 0.4) is 0 Å². The second-order valence-electron chi connectivity index (χ2n) is 4.47. The van der Waals surface area contributed by atoms with Crippen LogP contribution in [0.1, 0.15) is 26.3 Å². The van der Waals surface area contributed by atoms with E-state index in [1.54, 1.807) is 32.9 Å². The first-order valence-electron chi connectivity index (χ1n) is 4.86. The van der Waals surface area contributed by atoms with Crippen molar-refractivity contribution < 1.29 is 9.66 Å². The SMILES string of the molecule is CC(C)(C)/[N+]([O-])=C/c1ccc([N+](=O)[O-])cc1. The van der Waals surface area contributed by atoms with E-state index >= 15 is 0 Å². The lowest BCUT2D eigenvalue weighted by Gasteiger charge is -2.18. The van der Waals surface area contributed by atoms with Gasteiger partial charge in [-0.2, -0.15) is 0 Å². The Hall–Kier alpha value is -1.91. The van der Waals surface area contributed by atoms with Gasteiger partial charge in [-0.05, 0) is 12.1 Å². The molecule has 86 valence electrons. The highest BCUT2D eigenvalue weighted by atomic mass is 16.6. The van der Waals surface area contributed by atoms with Gasteiger partial charge < -0.3 is 5.21 Å². The molecular weight excluding hydrogens is 208 g/mol. The van der Waals surface area contributed by atoms with Gasteiger partial charge in [-0.25, -0.2) is 4.74 Å². The quantitative estimate of drug-likeness (QED) is 0.253. The summed E-state index contributed by atoms with van der Waals surface area (Å²) >= 11 is 0. The van der Waals surface area contributed by atoms with E-state index in [1.165, 1.54) is 18.3 Å². The monoisotopic (exact) mass is 222 g/mol. The molecular formula is C11H14N2O3. The second kappa shape index (κ2) is 4.30.